The van der Waals surface area contributed by atoms with Crippen molar-refractivity contribution < 1.29 is 4.74 Å². The second kappa shape index (κ2) is 4.43. The van der Waals surface area contributed by atoms with E-state index in [1.165, 1.54) is 5.57 Å². The van der Waals surface area contributed by atoms with Gasteiger partial charge in [-0.1, -0.05) is 37.8 Å². The molecule has 0 aromatic carbocycles. The summed E-state index contributed by atoms with van der Waals surface area (Å²) in [6.45, 7) is 10.1. The van der Waals surface area contributed by atoms with E-state index >= 15 is 0 Å². The van der Waals surface area contributed by atoms with Gasteiger partial charge in [0.2, 0.25) is 0 Å². The molecule has 13 heavy (non-hydrogen) atoms. The predicted molar refractivity (Wildman–Crippen MR) is 56.6 cm³/mol. The van der Waals surface area contributed by atoms with Crippen LogP contribution in [0.5, 0.6) is 0 Å². The molecule has 0 amide bonds. The molecule has 0 radical (unpaired) electrons. The average molecular weight is 178 g/mol. The highest BCUT2D eigenvalue weighted by atomic mass is 16.5. The highest BCUT2D eigenvalue weighted by Crippen LogP contribution is 2.23. The third-order valence-corrected chi connectivity index (χ3v) is 2.16. The van der Waals surface area contributed by atoms with E-state index in [2.05, 4.69) is 45.6 Å². The van der Waals surface area contributed by atoms with E-state index in [9.17, 15) is 0 Å². The fourth-order valence-electron chi connectivity index (χ4n) is 1.52. The number of allylic oxidation sites excluding steroid dienone is 2. The molecule has 0 N–H and O–H groups in total. The zero-order valence-electron chi connectivity index (χ0n) is 8.66. The molecular formula is C12H18O. The second-order valence-corrected chi connectivity index (χ2v) is 3.72. The number of ether oxygens (including phenoxy) is 1. The van der Waals surface area contributed by atoms with Crippen molar-refractivity contribution in [1.82, 2.24) is 0 Å². The van der Waals surface area contributed by atoms with Crippen molar-refractivity contribution in [2.24, 2.45) is 5.92 Å². The van der Waals surface area contributed by atoms with E-state index in [0.717, 1.165) is 0 Å². The molecule has 0 heterocycles. The van der Waals surface area contributed by atoms with Gasteiger partial charge in [0.15, 0.2) is 0 Å². The van der Waals surface area contributed by atoms with Gasteiger partial charge in [-0.2, -0.15) is 0 Å². The van der Waals surface area contributed by atoms with Crippen molar-refractivity contribution in [1.29, 1.82) is 0 Å². The Morgan fingerprint density at radius 2 is 2.23 bits per heavy atom. The highest BCUT2D eigenvalue weighted by Gasteiger charge is 2.21. The first-order valence-corrected chi connectivity index (χ1v) is 4.81. The van der Waals surface area contributed by atoms with Gasteiger partial charge in [0.1, 0.15) is 0 Å². The number of hydrogen-bond acceptors (Lipinski definition) is 1. The largest absolute Gasteiger partial charge is 0.370 e. The van der Waals surface area contributed by atoms with E-state index in [1.54, 1.807) is 0 Å². The van der Waals surface area contributed by atoms with E-state index in [0.29, 0.717) is 5.92 Å². The lowest BCUT2D eigenvalue weighted by molar-refractivity contribution is 0.0113. The van der Waals surface area contributed by atoms with Gasteiger partial charge in [0, 0.05) is 5.92 Å². The van der Waals surface area contributed by atoms with Crippen LogP contribution in [-0.4, -0.2) is 12.2 Å². The summed E-state index contributed by atoms with van der Waals surface area (Å²) in [5.41, 5.74) is 1.18. The summed E-state index contributed by atoms with van der Waals surface area (Å²) in [6, 6.07) is 0. The van der Waals surface area contributed by atoms with Crippen LogP contribution in [0.3, 0.4) is 0 Å². The van der Waals surface area contributed by atoms with Crippen LogP contribution in [0.2, 0.25) is 0 Å². The summed E-state index contributed by atoms with van der Waals surface area (Å²) < 4.78 is 5.82. The maximum atomic E-state index is 5.82. The average Bonchev–Trinajstić information content (AvgIpc) is 2.08. The predicted octanol–water partition coefficient (Wildman–Crippen LogP) is 3.10. The monoisotopic (exact) mass is 178 g/mol. The molecule has 0 aromatic heterocycles. The van der Waals surface area contributed by atoms with E-state index in [1.807, 2.05) is 6.08 Å². The summed E-state index contributed by atoms with van der Waals surface area (Å²) in [5, 5.41) is 0. The minimum atomic E-state index is 0.183. The molecule has 0 saturated heterocycles. The Hall–Kier alpha value is -0.820. The van der Waals surface area contributed by atoms with Crippen LogP contribution in [0.25, 0.3) is 0 Å². The van der Waals surface area contributed by atoms with Crippen LogP contribution in [0.1, 0.15) is 20.8 Å². The lowest BCUT2D eigenvalue weighted by Gasteiger charge is -2.27. The zero-order valence-corrected chi connectivity index (χ0v) is 8.66. The first-order chi connectivity index (χ1) is 6.15. The van der Waals surface area contributed by atoms with Crippen molar-refractivity contribution in [2.45, 2.75) is 33.0 Å². The van der Waals surface area contributed by atoms with Crippen LogP contribution >= 0.6 is 0 Å². The van der Waals surface area contributed by atoms with Crippen molar-refractivity contribution >= 4 is 0 Å². The van der Waals surface area contributed by atoms with E-state index in [-0.39, 0.29) is 12.2 Å². The summed E-state index contributed by atoms with van der Waals surface area (Å²) >= 11 is 0. The third-order valence-electron chi connectivity index (χ3n) is 2.16. The normalized spacial score (nSPS) is 27.5. The van der Waals surface area contributed by atoms with Crippen molar-refractivity contribution in [2.75, 3.05) is 0 Å². The molecule has 72 valence electrons. The van der Waals surface area contributed by atoms with Crippen molar-refractivity contribution in [3.63, 3.8) is 0 Å². The van der Waals surface area contributed by atoms with Crippen molar-refractivity contribution in [3.05, 3.63) is 36.5 Å². The summed E-state index contributed by atoms with van der Waals surface area (Å²) in [4.78, 5) is 0. The molecule has 1 aliphatic carbocycles. The number of rotatable bonds is 3. The van der Waals surface area contributed by atoms with Gasteiger partial charge >= 0.3 is 0 Å². The van der Waals surface area contributed by atoms with Gasteiger partial charge in [0.25, 0.3) is 0 Å². The fourth-order valence-corrected chi connectivity index (χ4v) is 1.52. The molecule has 0 spiro atoms. The molecule has 2 unspecified atom stereocenters. The Labute approximate surface area is 80.8 Å². The molecule has 1 nitrogen and oxygen atoms in total. The first-order valence-electron chi connectivity index (χ1n) is 4.81. The zero-order chi connectivity index (χ0) is 9.84. The molecule has 1 rings (SSSR count). The topological polar surface area (TPSA) is 9.23 Å². The van der Waals surface area contributed by atoms with Crippen LogP contribution in [0, 0.1) is 5.92 Å². The second-order valence-electron chi connectivity index (χ2n) is 3.72. The van der Waals surface area contributed by atoms with Gasteiger partial charge in [-0.05, 0) is 19.4 Å². The minimum Gasteiger partial charge on any atom is -0.370 e. The maximum Gasteiger partial charge on any atom is 0.0888 e. The maximum absolute atomic E-state index is 5.82. The van der Waals surface area contributed by atoms with Crippen LogP contribution < -0.4 is 0 Å². The summed E-state index contributed by atoms with van der Waals surface area (Å²) in [6.07, 6.45) is 8.64. The Bertz CT molecular complexity index is 236. The van der Waals surface area contributed by atoms with Gasteiger partial charge in [-0.15, -0.1) is 0 Å². The summed E-state index contributed by atoms with van der Waals surface area (Å²) in [5.74, 6) is 0.445. The van der Waals surface area contributed by atoms with E-state index in [4.69, 9.17) is 4.74 Å². The molecule has 2 atom stereocenters. The van der Waals surface area contributed by atoms with Crippen LogP contribution in [0.4, 0.5) is 0 Å². The van der Waals surface area contributed by atoms with Crippen LogP contribution in [-0.2, 0) is 4.74 Å². The molecule has 0 bridgehead atoms. The first kappa shape index (κ1) is 10.3. The quantitative estimate of drug-likeness (QED) is 0.645. The van der Waals surface area contributed by atoms with E-state index < -0.39 is 0 Å². The van der Waals surface area contributed by atoms with Gasteiger partial charge in [-0.3, -0.25) is 0 Å². The third kappa shape index (κ3) is 2.56. The lowest BCUT2D eigenvalue weighted by atomic mass is 9.92. The Kier molecular flexibility index (Phi) is 3.49. The Morgan fingerprint density at radius 3 is 2.77 bits per heavy atom. The molecule has 0 fully saturated rings. The van der Waals surface area contributed by atoms with Crippen LogP contribution in [0.15, 0.2) is 36.5 Å². The molecule has 1 aliphatic rings. The molecule has 0 aromatic rings. The Morgan fingerprint density at radius 1 is 1.54 bits per heavy atom. The van der Waals surface area contributed by atoms with Gasteiger partial charge in [-0.25, -0.2) is 0 Å². The lowest BCUT2D eigenvalue weighted by Crippen LogP contribution is -2.27. The molecule has 0 aliphatic heterocycles. The number of hydrogen-bond donors (Lipinski definition) is 0. The van der Waals surface area contributed by atoms with Crippen molar-refractivity contribution in [3.8, 4) is 0 Å². The summed E-state index contributed by atoms with van der Waals surface area (Å²) in [7, 11) is 0. The smallest absolute Gasteiger partial charge is 0.0888 e. The van der Waals surface area contributed by atoms with Gasteiger partial charge < -0.3 is 4.74 Å². The fraction of sp³-hybridized carbons (Fsp3) is 0.500. The molecule has 1 heteroatoms. The Balaban J connectivity index is 2.74. The molecular weight excluding hydrogens is 160 g/mol. The van der Waals surface area contributed by atoms with Gasteiger partial charge in [0.05, 0.1) is 12.2 Å². The minimum absolute atomic E-state index is 0.183. The standard InChI is InChI=1S/C12H18O/c1-5-11-8-6-7-10(4)12(11)13-9(2)3/h5-10,12H,1H2,2-4H3. The SMILES string of the molecule is C=CC1=CC=CC(C)C1OC(C)C. The highest BCUT2D eigenvalue weighted by molar-refractivity contribution is 5.31. The molecule has 0 saturated carbocycles.